The number of hydrogen-bond donors (Lipinski definition) is 0. The summed E-state index contributed by atoms with van der Waals surface area (Å²) in [6, 6.07) is 17.3. The summed E-state index contributed by atoms with van der Waals surface area (Å²) in [5, 5.41) is 0. The molecule has 0 spiro atoms. The SMILES string of the molecule is CN(C)C(=O)c1ccc(Cn2cnccc2=O)cc1.CN(C)C(=O)c1ccc(Cn2cnccc2=O)cc1. The van der Waals surface area contributed by atoms with E-state index >= 15 is 0 Å². The molecule has 10 heteroatoms. The maximum atomic E-state index is 11.7. The smallest absolute Gasteiger partial charge is 0.253 e. The number of carbonyl (C=O) groups excluding carboxylic acids is 2. The summed E-state index contributed by atoms with van der Waals surface area (Å²) in [5.74, 6) is -0.0739. The monoisotopic (exact) mass is 514 g/mol. The quantitative estimate of drug-likeness (QED) is 0.389. The zero-order valence-corrected chi connectivity index (χ0v) is 21.8. The first kappa shape index (κ1) is 27.7. The Bertz CT molecular complexity index is 1370. The lowest BCUT2D eigenvalue weighted by atomic mass is 10.1. The summed E-state index contributed by atoms with van der Waals surface area (Å²) < 4.78 is 3.03. The van der Waals surface area contributed by atoms with Crippen molar-refractivity contribution < 1.29 is 9.59 Å². The highest BCUT2D eigenvalue weighted by Gasteiger charge is 2.08. The van der Waals surface area contributed by atoms with E-state index in [4.69, 9.17) is 0 Å². The standard InChI is InChI=1S/2C14H15N3O2/c2*1-16(2)14(19)12-5-3-11(4-6-12)9-17-10-15-8-7-13(17)18/h2*3-8,10H,9H2,1-2H3. The third-order valence-corrected chi connectivity index (χ3v) is 5.50. The Labute approximate surface area is 220 Å². The fourth-order valence-electron chi connectivity index (χ4n) is 3.41. The van der Waals surface area contributed by atoms with E-state index in [-0.39, 0.29) is 22.9 Å². The van der Waals surface area contributed by atoms with E-state index in [1.807, 2.05) is 24.3 Å². The van der Waals surface area contributed by atoms with Crippen LogP contribution in [-0.4, -0.2) is 68.9 Å². The van der Waals surface area contributed by atoms with E-state index < -0.39 is 0 Å². The van der Waals surface area contributed by atoms with Gasteiger partial charge in [0.1, 0.15) is 0 Å². The summed E-state index contributed by atoms with van der Waals surface area (Å²) in [6.45, 7) is 0.895. The van der Waals surface area contributed by atoms with Gasteiger partial charge in [-0.15, -0.1) is 0 Å². The molecule has 0 fully saturated rings. The van der Waals surface area contributed by atoms with Gasteiger partial charge in [-0.25, -0.2) is 9.97 Å². The predicted molar refractivity (Wildman–Crippen MR) is 144 cm³/mol. The van der Waals surface area contributed by atoms with Crippen LogP contribution in [0.3, 0.4) is 0 Å². The van der Waals surface area contributed by atoms with E-state index in [0.29, 0.717) is 24.2 Å². The molecule has 0 radical (unpaired) electrons. The first-order chi connectivity index (χ1) is 18.2. The van der Waals surface area contributed by atoms with Gasteiger partial charge in [0.2, 0.25) is 0 Å². The summed E-state index contributed by atoms with van der Waals surface area (Å²) in [5.41, 5.74) is 2.97. The van der Waals surface area contributed by atoms with Crippen LogP contribution in [0.1, 0.15) is 31.8 Å². The van der Waals surface area contributed by atoms with Gasteiger partial charge in [-0.05, 0) is 35.4 Å². The Morgan fingerprint density at radius 3 is 1.24 bits per heavy atom. The molecule has 2 aromatic heterocycles. The summed E-state index contributed by atoms with van der Waals surface area (Å²) >= 11 is 0. The Morgan fingerprint density at radius 1 is 0.605 bits per heavy atom. The molecule has 0 aliphatic carbocycles. The second-order valence-electron chi connectivity index (χ2n) is 8.89. The lowest BCUT2D eigenvalue weighted by molar-refractivity contribution is 0.0820. The molecule has 0 unspecified atom stereocenters. The van der Waals surface area contributed by atoms with Gasteiger partial charge in [-0.1, -0.05) is 24.3 Å². The molecule has 4 aromatic rings. The molecule has 0 aliphatic heterocycles. The highest BCUT2D eigenvalue weighted by molar-refractivity contribution is 5.94. The molecule has 2 heterocycles. The van der Waals surface area contributed by atoms with Crippen LogP contribution >= 0.6 is 0 Å². The van der Waals surface area contributed by atoms with Crippen molar-refractivity contribution in [3.8, 4) is 0 Å². The van der Waals surface area contributed by atoms with Crippen molar-refractivity contribution in [1.82, 2.24) is 28.9 Å². The number of nitrogens with zero attached hydrogens (tertiary/aromatic N) is 6. The average molecular weight is 515 g/mol. The molecule has 0 saturated heterocycles. The van der Waals surface area contributed by atoms with Crippen LogP contribution in [-0.2, 0) is 13.1 Å². The highest BCUT2D eigenvalue weighted by Crippen LogP contribution is 2.08. The first-order valence-electron chi connectivity index (χ1n) is 11.8. The molecule has 0 aliphatic rings. The van der Waals surface area contributed by atoms with Crippen molar-refractivity contribution in [2.75, 3.05) is 28.2 Å². The first-order valence-corrected chi connectivity index (χ1v) is 11.8. The van der Waals surface area contributed by atoms with E-state index in [2.05, 4.69) is 9.97 Å². The van der Waals surface area contributed by atoms with Gasteiger partial charge >= 0.3 is 0 Å². The molecule has 0 atom stereocenters. The molecule has 2 aromatic carbocycles. The summed E-state index contributed by atoms with van der Waals surface area (Å²) in [7, 11) is 6.85. The largest absolute Gasteiger partial charge is 0.345 e. The van der Waals surface area contributed by atoms with Crippen LogP contribution < -0.4 is 11.1 Å². The van der Waals surface area contributed by atoms with E-state index in [1.54, 1.807) is 52.5 Å². The van der Waals surface area contributed by atoms with Crippen molar-refractivity contribution in [2.45, 2.75) is 13.1 Å². The minimum atomic E-state index is -0.0940. The summed E-state index contributed by atoms with van der Waals surface area (Å²) in [4.78, 5) is 57.4. The van der Waals surface area contributed by atoms with Gasteiger partial charge in [-0.3, -0.25) is 28.3 Å². The lowest BCUT2D eigenvalue weighted by Gasteiger charge is -2.10. The Morgan fingerprint density at radius 2 is 0.947 bits per heavy atom. The Hall–Kier alpha value is -4.86. The van der Waals surface area contributed by atoms with Crippen molar-refractivity contribution in [1.29, 1.82) is 0 Å². The van der Waals surface area contributed by atoms with Crippen LogP contribution in [0.25, 0.3) is 0 Å². The molecule has 38 heavy (non-hydrogen) atoms. The maximum absolute atomic E-state index is 11.7. The predicted octanol–water partition coefficient (Wildman–Crippen LogP) is 1.99. The fourth-order valence-corrected chi connectivity index (χ4v) is 3.41. The van der Waals surface area contributed by atoms with Crippen LogP contribution in [0.5, 0.6) is 0 Å². The fraction of sp³-hybridized carbons (Fsp3) is 0.214. The number of hydrogen-bond acceptors (Lipinski definition) is 6. The highest BCUT2D eigenvalue weighted by atomic mass is 16.2. The Kier molecular flexibility index (Phi) is 9.42. The van der Waals surface area contributed by atoms with Crippen LogP contribution in [0.2, 0.25) is 0 Å². The van der Waals surface area contributed by atoms with Crippen LogP contribution in [0, 0.1) is 0 Å². The normalized spacial score (nSPS) is 10.2. The second kappa shape index (κ2) is 12.9. The van der Waals surface area contributed by atoms with Gasteiger partial charge in [0.15, 0.2) is 0 Å². The van der Waals surface area contributed by atoms with Crippen molar-refractivity contribution in [2.24, 2.45) is 0 Å². The molecular weight excluding hydrogens is 484 g/mol. The van der Waals surface area contributed by atoms with Crippen molar-refractivity contribution >= 4 is 11.8 Å². The molecule has 0 bridgehead atoms. The number of amides is 2. The third-order valence-electron chi connectivity index (χ3n) is 5.50. The zero-order valence-electron chi connectivity index (χ0n) is 21.8. The van der Waals surface area contributed by atoms with E-state index in [9.17, 15) is 19.2 Å². The summed E-state index contributed by atoms with van der Waals surface area (Å²) in [6.07, 6.45) is 5.94. The van der Waals surface area contributed by atoms with Crippen molar-refractivity contribution in [3.05, 3.63) is 129 Å². The molecular formula is C28H30N6O4. The number of aromatic nitrogens is 4. The molecule has 0 N–H and O–H groups in total. The van der Waals surface area contributed by atoms with Gasteiger partial charge in [0.05, 0.1) is 25.7 Å². The number of benzene rings is 2. The van der Waals surface area contributed by atoms with Gasteiger partial charge in [0.25, 0.3) is 22.9 Å². The molecule has 0 saturated carbocycles. The number of rotatable bonds is 6. The second-order valence-corrected chi connectivity index (χ2v) is 8.89. The van der Waals surface area contributed by atoms with E-state index in [0.717, 1.165) is 11.1 Å². The third kappa shape index (κ3) is 7.57. The molecule has 196 valence electrons. The van der Waals surface area contributed by atoms with Gasteiger partial charge < -0.3 is 9.80 Å². The van der Waals surface area contributed by atoms with Gasteiger partial charge in [0, 0.05) is 63.8 Å². The molecule has 4 rings (SSSR count). The van der Waals surface area contributed by atoms with Gasteiger partial charge in [-0.2, -0.15) is 0 Å². The molecule has 10 nitrogen and oxygen atoms in total. The minimum absolute atomic E-state index is 0.0369. The molecule has 2 amide bonds. The number of carbonyl (C=O) groups is 2. The average Bonchev–Trinajstić information content (AvgIpc) is 2.91. The van der Waals surface area contributed by atoms with Crippen LogP contribution in [0.4, 0.5) is 0 Å². The topological polar surface area (TPSA) is 110 Å². The lowest BCUT2D eigenvalue weighted by Crippen LogP contribution is -2.22. The van der Waals surface area contributed by atoms with Crippen LogP contribution in [0.15, 0.2) is 95.3 Å². The minimum Gasteiger partial charge on any atom is -0.345 e. The van der Waals surface area contributed by atoms with E-state index in [1.165, 1.54) is 56.1 Å². The van der Waals surface area contributed by atoms with Crippen molar-refractivity contribution in [3.63, 3.8) is 0 Å². The maximum Gasteiger partial charge on any atom is 0.253 e. The zero-order chi connectivity index (χ0) is 27.7. The Balaban J connectivity index is 0.000000211.